The maximum Gasteiger partial charge on any atom is 0.340 e. The monoisotopic (exact) mass is 277 g/mol. The van der Waals surface area contributed by atoms with Crippen molar-refractivity contribution in [2.45, 2.75) is 45.6 Å². The predicted molar refractivity (Wildman–Crippen MR) is 79.9 cm³/mol. The number of anilines is 2. The maximum atomic E-state index is 11.9. The van der Waals surface area contributed by atoms with Crippen LogP contribution in [0.5, 0.6) is 0 Å². The lowest BCUT2D eigenvalue weighted by atomic mass is 10.2. The van der Waals surface area contributed by atoms with Crippen molar-refractivity contribution < 1.29 is 9.53 Å². The Labute approximate surface area is 120 Å². The Morgan fingerprint density at radius 3 is 2.85 bits per heavy atom. The molecule has 1 fully saturated rings. The zero-order valence-electron chi connectivity index (χ0n) is 12.3. The summed E-state index contributed by atoms with van der Waals surface area (Å²) in [6, 6.07) is 2.33. The number of unbranched alkanes of at least 4 members (excludes halogenated alkanes) is 1. The van der Waals surface area contributed by atoms with E-state index in [1.54, 1.807) is 19.2 Å². The third-order valence-corrected chi connectivity index (χ3v) is 3.45. The van der Waals surface area contributed by atoms with Gasteiger partial charge in [-0.1, -0.05) is 13.3 Å². The molecule has 1 heterocycles. The third-order valence-electron chi connectivity index (χ3n) is 3.45. The second kappa shape index (κ2) is 6.59. The van der Waals surface area contributed by atoms with Gasteiger partial charge in [-0.15, -0.1) is 0 Å². The summed E-state index contributed by atoms with van der Waals surface area (Å²) in [6.07, 6.45) is 6.22. The van der Waals surface area contributed by atoms with Crippen LogP contribution in [-0.2, 0) is 4.74 Å². The molecule has 2 N–H and O–H groups in total. The molecular formula is C15H23N3O2. The highest BCUT2D eigenvalue weighted by atomic mass is 16.5. The molecule has 1 aromatic heterocycles. The van der Waals surface area contributed by atoms with Gasteiger partial charge in [0, 0.05) is 12.6 Å². The molecule has 1 saturated carbocycles. The van der Waals surface area contributed by atoms with Gasteiger partial charge >= 0.3 is 5.97 Å². The van der Waals surface area contributed by atoms with Gasteiger partial charge in [-0.2, -0.15) is 0 Å². The molecule has 0 aromatic carbocycles. The zero-order valence-corrected chi connectivity index (χ0v) is 12.3. The van der Waals surface area contributed by atoms with Crippen LogP contribution in [0.25, 0.3) is 0 Å². The maximum absolute atomic E-state index is 11.9. The smallest absolute Gasteiger partial charge is 0.340 e. The Bertz CT molecular complexity index is 472. The summed E-state index contributed by atoms with van der Waals surface area (Å²) < 4.78 is 5.04. The summed E-state index contributed by atoms with van der Waals surface area (Å²) in [4.78, 5) is 18.6. The van der Waals surface area contributed by atoms with E-state index in [-0.39, 0.29) is 5.97 Å². The fourth-order valence-electron chi connectivity index (χ4n) is 2.20. The molecule has 110 valence electrons. The van der Waals surface area contributed by atoms with Gasteiger partial charge in [0.2, 0.25) is 0 Å². The van der Waals surface area contributed by atoms with Crippen molar-refractivity contribution in [2.75, 3.05) is 23.8 Å². The fraction of sp³-hybridized carbons (Fsp3) is 0.600. The standard InChI is InChI=1S/C15H23N3O2/c1-3-5-8-18(11-6-7-11)14-9-12(13(16)10-17-14)15(19)20-4-2/h9-11H,3-8,16H2,1-2H3. The van der Waals surface area contributed by atoms with Crippen molar-refractivity contribution in [1.29, 1.82) is 0 Å². The molecule has 5 nitrogen and oxygen atoms in total. The van der Waals surface area contributed by atoms with Crippen molar-refractivity contribution in [3.63, 3.8) is 0 Å². The van der Waals surface area contributed by atoms with E-state index in [4.69, 9.17) is 10.5 Å². The van der Waals surface area contributed by atoms with Crippen LogP contribution in [0.15, 0.2) is 12.3 Å². The summed E-state index contributed by atoms with van der Waals surface area (Å²) in [5.41, 5.74) is 6.62. The van der Waals surface area contributed by atoms with E-state index >= 15 is 0 Å². The molecule has 5 heteroatoms. The summed E-state index contributed by atoms with van der Waals surface area (Å²) >= 11 is 0. The number of nitrogen functional groups attached to an aromatic ring is 1. The van der Waals surface area contributed by atoms with Gasteiger partial charge in [0.15, 0.2) is 0 Å². The molecule has 2 rings (SSSR count). The number of hydrogen-bond donors (Lipinski definition) is 1. The van der Waals surface area contributed by atoms with Gasteiger partial charge in [-0.05, 0) is 32.3 Å². The Morgan fingerprint density at radius 2 is 2.25 bits per heavy atom. The van der Waals surface area contributed by atoms with E-state index in [9.17, 15) is 4.79 Å². The van der Waals surface area contributed by atoms with E-state index in [0.717, 1.165) is 25.2 Å². The van der Waals surface area contributed by atoms with Crippen molar-refractivity contribution in [3.05, 3.63) is 17.8 Å². The summed E-state index contributed by atoms with van der Waals surface area (Å²) in [5.74, 6) is 0.457. The van der Waals surface area contributed by atoms with Crippen LogP contribution in [-0.4, -0.2) is 30.1 Å². The number of nitrogens with two attached hydrogens (primary N) is 1. The van der Waals surface area contributed by atoms with Gasteiger partial charge in [0.1, 0.15) is 5.82 Å². The highest BCUT2D eigenvalue weighted by Crippen LogP contribution is 2.32. The SMILES string of the molecule is CCCCN(c1cc(C(=O)OCC)c(N)cn1)C1CC1. The molecule has 1 aliphatic rings. The first kappa shape index (κ1) is 14.6. The number of carbonyl (C=O) groups excluding carboxylic acids is 1. The topological polar surface area (TPSA) is 68.5 Å². The molecule has 1 aromatic rings. The van der Waals surface area contributed by atoms with Gasteiger partial charge in [0.25, 0.3) is 0 Å². The van der Waals surface area contributed by atoms with Crippen LogP contribution in [0.2, 0.25) is 0 Å². The Morgan fingerprint density at radius 1 is 1.50 bits per heavy atom. The van der Waals surface area contributed by atoms with E-state index < -0.39 is 0 Å². The molecule has 0 saturated heterocycles. The Kier molecular flexibility index (Phi) is 4.82. The van der Waals surface area contributed by atoms with Crippen LogP contribution < -0.4 is 10.6 Å². The van der Waals surface area contributed by atoms with E-state index in [1.807, 2.05) is 0 Å². The number of aromatic nitrogens is 1. The van der Waals surface area contributed by atoms with Crippen LogP contribution in [0.4, 0.5) is 11.5 Å². The second-order valence-electron chi connectivity index (χ2n) is 5.13. The molecule has 0 atom stereocenters. The Hall–Kier alpha value is -1.78. The fourth-order valence-corrected chi connectivity index (χ4v) is 2.20. The second-order valence-corrected chi connectivity index (χ2v) is 5.13. The minimum Gasteiger partial charge on any atom is -0.462 e. The lowest BCUT2D eigenvalue weighted by molar-refractivity contribution is 0.0527. The first-order valence-corrected chi connectivity index (χ1v) is 7.36. The number of rotatable bonds is 7. The summed E-state index contributed by atoms with van der Waals surface area (Å²) in [7, 11) is 0. The van der Waals surface area contributed by atoms with Crippen LogP contribution >= 0.6 is 0 Å². The number of hydrogen-bond acceptors (Lipinski definition) is 5. The zero-order chi connectivity index (χ0) is 14.5. The first-order valence-electron chi connectivity index (χ1n) is 7.36. The highest BCUT2D eigenvalue weighted by Gasteiger charge is 2.30. The number of ether oxygens (including phenoxy) is 1. The van der Waals surface area contributed by atoms with Crippen LogP contribution in [0, 0.1) is 0 Å². The molecule has 1 aliphatic carbocycles. The van der Waals surface area contributed by atoms with Crippen molar-refractivity contribution in [1.82, 2.24) is 4.98 Å². The number of esters is 1. The van der Waals surface area contributed by atoms with Gasteiger partial charge in [-0.25, -0.2) is 9.78 Å². The molecule has 0 radical (unpaired) electrons. The van der Waals surface area contributed by atoms with Gasteiger partial charge < -0.3 is 15.4 Å². The van der Waals surface area contributed by atoms with E-state index in [0.29, 0.717) is 23.9 Å². The molecule has 0 aliphatic heterocycles. The number of nitrogens with zero attached hydrogens (tertiary/aromatic N) is 2. The molecule has 20 heavy (non-hydrogen) atoms. The molecule has 0 amide bonds. The average molecular weight is 277 g/mol. The highest BCUT2D eigenvalue weighted by molar-refractivity contribution is 5.95. The quantitative estimate of drug-likeness (QED) is 0.776. The van der Waals surface area contributed by atoms with E-state index in [1.165, 1.54) is 12.8 Å². The average Bonchev–Trinajstić information content (AvgIpc) is 3.25. The van der Waals surface area contributed by atoms with Gasteiger partial charge in [-0.3, -0.25) is 0 Å². The first-order chi connectivity index (χ1) is 9.67. The summed E-state index contributed by atoms with van der Waals surface area (Å²) in [5, 5.41) is 0. The summed E-state index contributed by atoms with van der Waals surface area (Å²) in [6.45, 7) is 5.28. The van der Waals surface area contributed by atoms with Crippen LogP contribution in [0.1, 0.15) is 49.9 Å². The lowest BCUT2D eigenvalue weighted by Gasteiger charge is -2.24. The van der Waals surface area contributed by atoms with Crippen molar-refractivity contribution >= 4 is 17.5 Å². The van der Waals surface area contributed by atoms with Crippen LogP contribution in [0.3, 0.4) is 0 Å². The molecule has 0 unspecified atom stereocenters. The van der Waals surface area contributed by atoms with Crippen molar-refractivity contribution in [3.8, 4) is 0 Å². The van der Waals surface area contributed by atoms with E-state index in [2.05, 4.69) is 16.8 Å². The number of carbonyl (C=O) groups is 1. The normalized spacial score (nSPS) is 14.1. The lowest BCUT2D eigenvalue weighted by Crippen LogP contribution is -2.28. The number of pyridine rings is 1. The predicted octanol–water partition coefficient (Wildman–Crippen LogP) is 2.61. The third kappa shape index (κ3) is 3.40. The molecule has 0 spiro atoms. The van der Waals surface area contributed by atoms with Gasteiger partial charge in [0.05, 0.1) is 24.1 Å². The minimum absolute atomic E-state index is 0.345. The van der Waals surface area contributed by atoms with Crippen molar-refractivity contribution in [2.24, 2.45) is 0 Å². The Balaban J connectivity index is 2.21. The minimum atomic E-state index is -0.375. The largest absolute Gasteiger partial charge is 0.462 e. The molecule has 0 bridgehead atoms. The molecular weight excluding hydrogens is 254 g/mol.